The van der Waals surface area contributed by atoms with Crippen molar-refractivity contribution in [2.45, 2.75) is 70.1 Å². The van der Waals surface area contributed by atoms with Crippen LogP contribution in [-0.4, -0.2) is 21.7 Å². The van der Waals surface area contributed by atoms with Gasteiger partial charge in [-0.25, -0.2) is 0 Å². The maximum atomic E-state index is 13.4. The Kier molecular flexibility index (Phi) is 5.93. The minimum absolute atomic E-state index is 0.0623. The molecule has 1 aliphatic carbocycles. The highest BCUT2D eigenvalue weighted by molar-refractivity contribution is 5.80. The van der Waals surface area contributed by atoms with Crippen LogP contribution >= 0.6 is 0 Å². The van der Waals surface area contributed by atoms with E-state index in [2.05, 4.69) is 5.32 Å². The number of nitriles is 1. The predicted molar refractivity (Wildman–Crippen MR) is 83.7 cm³/mol. The number of carbonyl (C=O) groups excluding carboxylic acids is 1. The van der Waals surface area contributed by atoms with E-state index < -0.39 is 34.9 Å². The summed E-state index contributed by atoms with van der Waals surface area (Å²) in [6.45, 7) is 1.74. The summed E-state index contributed by atoms with van der Waals surface area (Å²) in [6, 6.07) is 0.0196. The number of hydrogen-bond acceptors (Lipinski definition) is 3. The van der Waals surface area contributed by atoms with Crippen LogP contribution in [0.4, 0.5) is 13.2 Å². The number of aromatic nitrogens is 2. The van der Waals surface area contributed by atoms with E-state index in [0.717, 1.165) is 32.1 Å². The number of nitrogens with zero attached hydrogens (tertiary/aromatic N) is 2. The van der Waals surface area contributed by atoms with Crippen molar-refractivity contribution in [2.24, 2.45) is 0 Å². The lowest BCUT2D eigenvalue weighted by molar-refractivity contribution is -0.146. The van der Waals surface area contributed by atoms with Crippen LogP contribution in [0, 0.1) is 11.3 Å². The molecule has 9 heteroatoms. The smallest absolute Gasteiger partial charge is 0.352 e. The zero-order valence-corrected chi connectivity index (χ0v) is 13.9. The highest BCUT2D eigenvalue weighted by Crippen LogP contribution is 2.33. The third kappa shape index (κ3) is 4.24. The molecule has 138 valence electrons. The summed E-state index contributed by atoms with van der Waals surface area (Å²) < 4.78 is 40.6. The average molecular weight is 358 g/mol. The van der Waals surface area contributed by atoms with Gasteiger partial charge in [0.05, 0.1) is 0 Å². The Balaban J connectivity index is 2.38. The molecule has 1 aromatic heterocycles. The number of aromatic amines is 1. The molecule has 0 aliphatic heterocycles. The molecule has 1 amide bonds. The number of halogens is 3. The first-order valence-corrected chi connectivity index (χ1v) is 8.41. The number of H-pyrrole nitrogens is 1. The third-order valence-corrected chi connectivity index (χ3v) is 4.44. The van der Waals surface area contributed by atoms with Gasteiger partial charge in [-0.3, -0.25) is 19.4 Å². The summed E-state index contributed by atoms with van der Waals surface area (Å²) in [6.07, 6.45) is 0.261. The molecule has 6 nitrogen and oxygen atoms in total. The zero-order valence-electron chi connectivity index (χ0n) is 13.9. The number of rotatable bonds is 5. The first-order chi connectivity index (χ1) is 11.8. The summed E-state index contributed by atoms with van der Waals surface area (Å²) in [7, 11) is 0. The molecule has 2 rings (SSSR count). The van der Waals surface area contributed by atoms with Crippen LogP contribution in [0.5, 0.6) is 0 Å². The van der Waals surface area contributed by atoms with Crippen molar-refractivity contribution >= 4 is 5.91 Å². The third-order valence-electron chi connectivity index (χ3n) is 4.44. The molecule has 25 heavy (non-hydrogen) atoms. The normalized spacial score (nSPS) is 17.1. The van der Waals surface area contributed by atoms with Gasteiger partial charge in [0.1, 0.15) is 17.7 Å². The quantitative estimate of drug-likeness (QED) is 0.848. The molecule has 1 fully saturated rings. The van der Waals surface area contributed by atoms with Crippen LogP contribution in [0.2, 0.25) is 0 Å². The fourth-order valence-corrected chi connectivity index (χ4v) is 3.26. The molecule has 0 radical (unpaired) electrons. The van der Waals surface area contributed by atoms with Crippen LogP contribution in [0.15, 0.2) is 4.79 Å². The van der Waals surface area contributed by atoms with Gasteiger partial charge in [-0.1, -0.05) is 32.6 Å². The van der Waals surface area contributed by atoms with E-state index in [1.54, 1.807) is 6.92 Å². The lowest BCUT2D eigenvalue weighted by atomic mass is 9.95. The maximum Gasteiger partial charge on any atom is 0.434 e. The van der Waals surface area contributed by atoms with E-state index >= 15 is 0 Å². The summed E-state index contributed by atoms with van der Waals surface area (Å²) in [5, 5.41) is 13.7. The van der Waals surface area contributed by atoms with Crippen LogP contribution < -0.4 is 10.9 Å². The lowest BCUT2D eigenvalue weighted by Gasteiger charge is -2.27. The van der Waals surface area contributed by atoms with Crippen LogP contribution in [0.25, 0.3) is 0 Å². The van der Waals surface area contributed by atoms with E-state index in [1.807, 2.05) is 5.10 Å². The van der Waals surface area contributed by atoms with Crippen molar-refractivity contribution in [3.05, 3.63) is 21.6 Å². The Morgan fingerprint density at radius 2 is 2.04 bits per heavy atom. The monoisotopic (exact) mass is 358 g/mol. The van der Waals surface area contributed by atoms with Crippen molar-refractivity contribution in [3.8, 4) is 6.07 Å². The van der Waals surface area contributed by atoms with Gasteiger partial charge >= 0.3 is 6.18 Å². The van der Waals surface area contributed by atoms with Gasteiger partial charge in [0, 0.05) is 6.04 Å². The first-order valence-electron chi connectivity index (χ1n) is 8.41. The van der Waals surface area contributed by atoms with E-state index in [9.17, 15) is 22.8 Å². The van der Waals surface area contributed by atoms with Gasteiger partial charge in [-0.2, -0.15) is 18.4 Å². The summed E-state index contributed by atoms with van der Waals surface area (Å²) >= 11 is 0. The number of alkyl halides is 3. The molecular formula is C16H21F3N4O2. The second-order valence-corrected chi connectivity index (χ2v) is 6.29. The van der Waals surface area contributed by atoms with Gasteiger partial charge in [-0.15, -0.1) is 0 Å². The van der Waals surface area contributed by atoms with E-state index in [1.165, 1.54) is 6.07 Å². The number of nitrogens with one attached hydrogen (secondary N) is 2. The van der Waals surface area contributed by atoms with Gasteiger partial charge in [-0.05, 0) is 19.3 Å². The fourth-order valence-electron chi connectivity index (χ4n) is 3.26. The van der Waals surface area contributed by atoms with E-state index in [4.69, 9.17) is 5.26 Å². The van der Waals surface area contributed by atoms with Crippen molar-refractivity contribution in [3.63, 3.8) is 0 Å². The van der Waals surface area contributed by atoms with Gasteiger partial charge in [0.2, 0.25) is 5.91 Å². The molecular weight excluding hydrogens is 337 g/mol. The van der Waals surface area contributed by atoms with Gasteiger partial charge in [0.15, 0.2) is 5.69 Å². The van der Waals surface area contributed by atoms with Crippen molar-refractivity contribution < 1.29 is 18.0 Å². The van der Waals surface area contributed by atoms with Crippen molar-refractivity contribution in [2.75, 3.05) is 0 Å². The Labute approximate surface area is 143 Å². The molecule has 0 spiro atoms. The topological polar surface area (TPSA) is 90.7 Å². The molecule has 2 N–H and O–H groups in total. The molecule has 0 saturated heterocycles. The Bertz CT molecular complexity index is 708. The summed E-state index contributed by atoms with van der Waals surface area (Å²) in [5.41, 5.74) is -3.54. The minimum Gasteiger partial charge on any atom is -0.352 e. The Hall–Kier alpha value is -2.24. The Morgan fingerprint density at radius 1 is 1.40 bits per heavy atom. The molecule has 0 bridgehead atoms. The van der Waals surface area contributed by atoms with E-state index in [0.29, 0.717) is 11.1 Å². The SMILES string of the molecule is CCCC(C(=O)NC1CCCCC1)n1[nH]c(=O)c(C#N)c1C(F)(F)F. The number of hydrogen-bond donors (Lipinski definition) is 2. The van der Waals surface area contributed by atoms with Gasteiger partial charge in [0.25, 0.3) is 5.56 Å². The van der Waals surface area contributed by atoms with Crippen LogP contribution in [0.1, 0.15) is 69.2 Å². The standard InChI is InChI=1S/C16H21F3N4O2/c1-2-6-12(15(25)21-10-7-4-3-5-8-10)23-13(16(17,18)19)11(9-20)14(24)22-23/h10,12H,2-8H2,1H3,(H,21,25)(H,22,24). The van der Waals surface area contributed by atoms with Crippen LogP contribution in [-0.2, 0) is 11.0 Å². The van der Waals surface area contributed by atoms with Crippen molar-refractivity contribution in [1.29, 1.82) is 5.26 Å². The number of carbonyl (C=O) groups is 1. The molecule has 1 heterocycles. The highest BCUT2D eigenvalue weighted by Gasteiger charge is 2.42. The first kappa shape index (κ1) is 19.1. The molecule has 1 unspecified atom stereocenters. The summed E-state index contributed by atoms with van der Waals surface area (Å²) in [4.78, 5) is 24.3. The molecule has 1 aromatic rings. The summed E-state index contributed by atoms with van der Waals surface area (Å²) in [5.74, 6) is -0.560. The molecule has 0 aromatic carbocycles. The lowest BCUT2D eigenvalue weighted by Crippen LogP contribution is -2.41. The van der Waals surface area contributed by atoms with Crippen molar-refractivity contribution in [1.82, 2.24) is 15.1 Å². The predicted octanol–water partition coefficient (Wildman–Crippen LogP) is 2.86. The van der Waals surface area contributed by atoms with Crippen LogP contribution in [0.3, 0.4) is 0 Å². The largest absolute Gasteiger partial charge is 0.434 e. The Morgan fingerprint density at radius 3 is 2.56 bits per heavy atom. The molecule has 1 atom stereocenters. The maximum absolute atomic E-state index is 13.4. The second-order valence-electron chi connectivity index (χ2n) is 6.29. The molecule has 1 saturated carbocycles. The molecule has 1 aliphatic rings. The minimum atomic E-state index is -4.92. The fraction of sp³-hybridized carbons (Fsp3) is 0.688. The number of amides is 1. The second kappa shape index (κ2) is 7.76. The zero-order chi connectivity index (χ0) is 18.6. The van der Waals surface area contributed by atoms with Gasteiger partial charge < -0.3 is 5.32 Å². The highest BCUT2D eigenvalue weighted by atomic mass is 19.4. The van der Waals surface area contributed by atoms with E-state index in [-0.39, 0.29) is 12.5 Å². The average Bonchev–Trinajstić information content (AvgIpc) is 2.89.